The number of aliphatic imine (C=N–C) groups is 1. The van der Waals surface area contributed by atoms with E-state index in [1.807, 2.05) is 0 Å². The molecule has 1 N–H and O–H groups in total. The van der Waals surface area contributed by atoms with Crippen LogP contribution in [0.3, 0.4) is 0 Å². The van der Waals surface area contributed by atoms with Gasteiger partial charge in [0.25, 0.3) is 0 Å². The van der Waals surface area contributed by atoms with E-state index in [2.05, 4.69) is 20.1 Å². The van der Waals surface area contributed by atoms with E-state index in [1.54, 1.807) is 33.8 Å². The van der Waals surface area contributed by atoms with E-state index in [0.29, 0.717) is 36.1 Å². The first kappa shape index (κ1) is 27.7. The Labute approximate surface area is 233 Å². The maximum absolute atomic E-state index is 14.3. The average molecular weight is 566 g/mol. The lowest BCUT2D eigenvalue weighted by molar-refractivity contribution is 0.0558. The molecule has 4 heterocycles. The number of nitrogens with one attached hydrogen (secondary N) is 1. The van der Waals surface area contributed by atoms with Crippen molar-refractivity contribution in [1.82, 2.24) is 15.3 Å². The van der Waals surface area contributed by atoms with Gasteiger partial charge < -0.3 is 9.47 Å². The van der Waals surface area contributed by atoms with Crippen LogP contribution >= 0.6 is 0 Å². The monoisotopic (exact) mass is 565 g/mol. The molecule has 1 fully saturated rings. The van der Waals surface area contributed by atoms with Gasteiger partial charge in [-0.2, -0.15) is 0 Å². The number of Topliss-reactive ketones (excluding diaryl/α,β-unsaturated/α-hetero) is 1. The van der Waals surface area contributed by atoms with Crippen LogP contribution in [0.2, 0.25) is 0 Å². The minimum atomic E-state index is -3.85. The highest BCUT2D eigenvalue weighted by molar-refractivity contribution is 7.94. The molecule has 11 nitrogen and oxygen atoms in total. The van der Waals surface area contributed by atoms with Crippen molar-refractivity contribution in [2.75, 3.05) is 6.61 Å². The number of alkyl carbamates (subject to hydrolysis) is 1. The van der Waals surface area contributed by atoms with Crippen LogP contribution in [0, 0.1) is 6.57 Å². The van der Waals surface area contributed by atoms with E-state index in [9.17, 15) is 18.0 Å². The second kappa shape index (κ2) is 9.66. The van der Waals surface area contributed by atoms with Crippen molar-refractivity contribution in [3.63, 3.8) is 0 Å². The lowest BCUT2D eigenvalue weighted by Crippen LogP contribution is -2.67. The van der Waals surface area contributed by atoms with Crippen LogP contribution in [0.15, 0.2) is 35.6 Å². The van der Waals surface area contributed by atoms with Crippen LogP contribution in [0.1, 0.15) is 75.0 Å². The van der Waals surface area contributed by atoms with Gasteiger partial charge in [0.1, 0.15) is 27.4 Å². The molecule has 2 atom stereocenters. The fourth-order valence-corrected chi connectivity index (χ4v) is 8.53. The highest BCUT2D eigenvalue weighted by Gasteiger charge is 2.64. The zero-order chi connectivity index (χ0) is 28.9. The van der Waals surface area contributed by atoms with Crippen molar-refractivity contribution < 1.29 is 27.5 Å². The number of aromatic nitrogens is 2. The summed E-state index contributed by atoms with van der Waals surface area (Å²) in [4.78, 5) is 42.5. The molecule has 12 heteroatoms. The lowest BCUT2D eigenvalue weighted by atomic mass is 9.80. The van der Waals surface area contributed by atoms with Crippen molar-refractivity contribution in [1.29, 1.82) is 0 Å². The third-order valence-corrected chi connectivity index (χ3v) is 10.8. The summed E-state index contributed by atoms with van der Waals surface area (Å²) in [6.07, 6.45) is 3.65. The van der Waals surface area contributed by atoms with Gasteiger partial charge in [-0.15, -0.1) is 0 Å². The van der Waals surface area contributed by atoms with Gasteiger partial charge in [0.2, 0.25) is 11.6 Å². The third-order valence-electron chi connectivity index (χ3n) is 7.70. The standard InChI is InChI=1S/C28H31N5O6S/c1-26(2,3)39-25(35)32-24-28(10-6-11-28)40(36,37)22-9-12-38-23-19(27(22,4)33-24)13-17(15-31-23)14-21(34)20-8-7-18(29-5)16-30-20/h7-8,13,15-16,22H,6,9-12,14H2,1-4H3,(H,32,33,35)/t22-,27-/m1/s1. The van der Waals surface area contributed by atoms with E-state index < -0.39 is 37.1 Å². The molecule has 2 aromatic heterocycles. The first-order chi connectivity index (χ1) is 18.8. The molecule has 0 saturated heterocycles. The Balaban J connectivity index is 1.56. The van der Waals surface area contributed by atoms with E-state index in [0.717, 1.165) is 0 Å². The number of ketones is 1. The summed E-state index contributed by atoms with van der Waals surface area (Å²) in [5.74, 6) is 0.0287. The Morgan fingerprint density at radius 3 is 2.58 bits per heavy atom. The summed E-state index contributed by atoms with van der Waals surface area (Å²) < 4.78 is 38.6. The van der Waals surface area contributed by atoms with Crippen LogP contribution in [0.5, 0.6) is 5.88 Å². The molecule has 0 bridgehead atoms. The second-order valence-electron chi connectivity index (χ2n) is 11.6. The molecule has 40 heavy (non-hydrogen) atoms. The summed E-state index contributed by atoms with van der Waals surface area (Å²) in [5, 5.41) is 1.76. The van der Waals surface area contributed by atoms with Crippen LogP contribution in [-0.2, 0) is 26.5 Å². The molecule has 0 radical (unpaired) electrons. The van der Waals surface area contributed by atoms with Crippen LogP contribution < -0.4 is 10.1 Å². The Morgan fingerprint density at radius 2 is 1.98 bits per heavy atom. The molecule has 1 saturated carbocycles. The fourth-order valence-electron chi connectivity index (χ4n) is 5.57. The summed E-state index contributed by atoms with van der Waals surface area (Å²) in [5.41, 5.74) is -0.623. The summed E-state index contributed by atoms with van der Waals surface area (Å²) in [6.45, 7) is 14.1. The molecular weight excluding hydrogens is 534 g/mol. The van der Waals surface area contributed by atoms with Crippen molar-refractivity contribution in [3.05, 3.63) is 58.8 Å². The van der Waals surface area contributed by atoms with Gasteiger partial charge in [-0.25, -0.2) is 23.0 Å². The SMILES string of the molecule is [C-]#[N+]c1ccc(C(=O)Cc2cnc3c(c2)[C@@]2(C)N=C(NC(=O)OC(C)(C)C)C4(CCC4)S(=O)(=O)[C@@H]2CCO3)nc1. The molecule has 1 aliphatic carbocycles. The largest absolute Gasteiger partial charge is 0.477 e. The number of hydrogen-bond donors (Lipinski definition) is 1. The number of hydrogen-bond acceptors (Lipinski definition) is 9. The number of carbonyl (C=O) groups excluding carboxylic acids is 2. The fraction of sp³-hybridized carbons (Fsp3) is 0.500. The highest BCUT2D eigenvalue weighted by Crippen LogP contribution is 2.53. The maximum atomic E-state index is 14.3. The van der Waals surface area contributed by atoms with Gasteiger partial charge in [-0.3, -0.25) is 20.1 Å². The zero-order valence-electron chi connectivity index (χ0n) is 22.9. The Bertz CT molecular complexity index is 1550. The number of ether oxygens (including phenoxy) is 2. The number of fused-ring (bicyclic) bond motifs is 3. The van der Waals surface area contributed by atoms with Gasteiger partial charge in [0, 0.05) is 30.8 Å². The molecule has 5 rings (SSSR count). The minimum Gasteiger partial charge on any atom is -0.477 e. The van der Waals surface area contributed by atoms with Gasteiger partial charge in [-0.05, 0) is 64.7 Å². The average Bonchev–Trinajstić information content (AvgIpc) is 2.98. The summed E-state index contributed by atoms with van der Waals surface area (Å²) in [7, 11) is -3.85. The first-order valence-electron chi connectivity index (χ1n) is 13.1. The summed E-state index contributed by atoms with van der Waals surface area (Å²) in [6, 6.07) is 4.73. The topological polar surface area (TPSA) is 141 Å². The summed E-state index contributed by atoms with van der Waals surface area (Å²) >= 11 is 0. The molecule has 1 amide bonds. The number of pyridine rings is 2. The van der Waals surface area contributed by atoms with Crippen LogP contribution in [0.25, 0.3) is 4.85 Å². The van der Waals surface area contributed by atoms with Crippen LogP contribution in [-0.4, -0.2) is 58.3 Å². The smallest absolute Gasteiger partial charge is 0.413 e. The highest BCUT2D eigenvalue weighted by atomic mass is 32.2. The predicted octanol–water partition coefficient (Wildman–Crippen LogP) is 4.09. The van der Waals surface area contributed by atoms with E-state index in [-0.39, 0.29) is 42.6 Å². The second-order valence-corrected chi connectivity index (χ2v) is 14.0. The number of amides is 1. The molecule has 1 spiro atoms. The molecule has 2 aromatic rings. The molecule has 0 unspecified atom stereocenters. The van der Waals surface area contributed by atoms with E-state index in [1.165, 1.54) is 24.5 Å². The third kappa shape index (κ3) is 4.62. The number of rotatable bonds is 3. The van der Waals surface area contributed by atoms with Gasteiger partial charge in [0.05, 0.1) is 18.4 Å². The van der Waals surface area contributed by atoms with E-state index >= 15 is 0 Å². The zero-order valence-corrected chi connectivity index (χ0v) is 23.7. The number of nitrogens with zero attached hydrogens (tertiary/aromatic N) is 4. The predicted molar refractivity (Wildman–Crippen MR) is 146 cm³/mol. The van der Waals surface area contributed by atoms with Crippen molar-refractivity contribution in [2.45, 2.75) is 80.9 Å². The first-order valence-corrected chi connectivity index (χ1v) is 14.7. The van der Waals surface area contributed by atoms with Crippen LogP contribution in [0.4, 0.5) is 10.5 Å². The number of sulfone groups is 1. The maximum Gasteiger partial charge on any atom is 0.413 e. The quantitative estimate of drug-likeness (QED) is 0.433. The molecule has 210 valence electrons. The van der Waals surface area contributed by atoms with E-state index in [4.69, 9.17) is 21.0 Å². The molecule has 0 aromatic carbocycles. The van der Waals surface area contributed by atoms with Gasteiger partial charge in [-0.1, -0.05) is 6.07 Å². The van der Waals surface area contributed by atoms with Gasteiger partial charge >= 0.3 is 6.09 Å². The van der Waals surface area contributed by atoms with Gasteiger partial charge in [0.15, 0.2) is 15.6 Å². The number of amidine groups is 1. The number of carbonyl (C=O) groups is 2. The minimum absolute atomic E-state index is 0.0468. The lowest BCUT2D eigenvalue weighted by Gasteiger charge is -2.50. The Hall–Kier alpha value is -3.85. The normalized spacial score (nSPS) is 24.1. The molecule has 3 aliphatic rings. The Kier molecular flexibility index (Phi) is 6.69. The molecular formula is C28H31N5O6S. The molecule has 2 aliphatic heterocycles. The Morgan fingerprint density at radius 1 is 1.23 bits per heavy atom. The van der Waals surface area contributed by atoms with Crippen molar-refractivity contribution in [2.24, 2.45) is 4.99 Å². The van der Waals surface area contributed by atoms with Crippen molar-refractivity contribution in [3.8, 4) is 5.88 Å². The van der Waals surface area contributed by atoms with Crippen molar-refractivity contribution >= 4 is 33.2 Å².